The summed E-state index contributed by atoms with van der Waals surface area (Å²) in [7, 11) is -4.23. The molecule has 5 nitrogen and oxygen atoms in total. The molecule has 0 saturated carbocycles. The van der Waals surface area contributed by atoms with Crippen molar-refractivity contribution >= 4 is 21.4 Å². The molecule has 2 aromatic rings. The minimum Gasteiger partial charge on any atom is -0.396 e. The largest absolute Gasteiger partial charge is 0.396 e. The second kappa shape index (κ2) is 5.38. The summed E-state index contributed by atoms with van der Waals surface area (Å²) in [4.78, 5) is -0.526. The number of sulfonamides is 1. The van der Waals surface area contributed by atoms with Gasteiger partial charge in [-0.25, -0.2) is 17.2 Å². The highest BCUT2D eigenvalue weighted by Gasteiger charge is 2.21. The third-order valence-corrected chi connectivity index (χ3v) is 4.05. The van der Waals surface area contributed by atoms with Crippen LogP contribution in [0.15, 0.2) is 41.3 Å². The van der Waals surface area contributed by atoms with E-state index >= 15 is 0 Å². The van der Waals surface area contributed by atoms with Crippen molar-refractivity contribution in [1.29, 1.82) is 5.26 Å². The first-order valence-corrected chi connectivity index (χ1v) is 7.10. The Bertz CT molecular complexity index is 845. The Labute approximate surface area is 119 Å². The van der Waals surface area contributed by atoms with Crippen LogP contribution in [-0.2, 0) is 10.0 Å². The third kappa shape index (κ3) is 2.93. The zero-order chi connectivity index (χ0) is 15.6. The van der Waals surface area contributed by atoms with Crippen molar-refractivity contribution in [2.75, 3.05) is 10.5 Å². The van der Waals surface area contributed by atoms with Crippen molar-refractivity contribution in [3.05, 3.63) is 53.6 Å². The fourth-order valence-corrected chi connectivity index (χ4v) is 2.85. The Morgan fingerprint density at radius 3 is 2.48 bits per heavy atom. The van der Waals surface area contributed by atoms with Gasteiger partial charge in [-0.3, -0.25) is 4.72 Å². The van der Waals surface area contributed by atoms with Crippen LogP contribution in [0.5, 0.6) is 0 Å². The molecular formula is C13H9F2N3O2S. The Balaban J connectivity index is 2.46. The maximum absolute atomic E-state index is 13.4. The summed E-state index contributed by atoms with van der Waals surface area (Å²) in [6, 6.07) is 8.03. The van der Waals surface area contributed by atoms with Crippen LogP contribution < -0.4 is 10.5 Å². The summed E-state index contributed by atoms with van der Waals surface area (Å²) in [6.07, 6.45) is 0. The molecule has 0 heterocycles. The molecule has 0 aliphatic heterocycles. The average Bonchev–Trinajstić information content (AvgIpc) is 2.42. The lowest BCUT2D eigenvalue weighted by Crippen LogP contribution is -2.15. The van der Waals surface area contributed by atoms with Crippen LogP contribution in [0.25, 0.3) is 0 Å². The number of rotatable bonds is 3. The first-order valence-electron chi connectivity index (χ1n) is 5.61. The van der Waals surface area contributed by atoms with Gasteiger partial charge < -0.3 is 5.73 Å². The predicted octanol–water partition coefficient (Wildman–Crippen LogP) is 2.22. The highest BCUT2D eigenvalue weighted by atomic mass is 32.2. The monoisotopic (exact) mass is 309 g/mol. The molecule has 0 atom stereocenters. The number of halogens is 2. The van der Waals surface area contributed by atoms with Crippen LogP contribution in [-0.4, -0.2) is 8.42 Å². The maximum Gasteiger partial charge on any atom is 0.263 e. The number of nitrogens with zero attached hydrogens (tertiary/aromatic N) is 1. The van der Waals surface area contributed by atoms with E-state index in [0.717, 1.165) is 24.3 Å². The van der Waals surface area contributed by atoms with Crippen molar-refractivity contribution in [3.63, 3.8) is 0 Å². The lowest BCUT2D eigenvalue weighted by atomic mass is 10.2. The van der Waals surface area contributed by atoms with Gasteiger partial charge in [-0.05, 0) is 24.3 Å². The molecule has 0 unspecified atom stereocenters. The van der Waals surface area contributed by atoms with E-state index in [1.54, 1.807) is 0 Å². The van der Waals surface area contributed by atoms with Crippen molar-refractivity contribution in [1.82, 2.24) is 0 Å². The average molecular weight is 309 g/mol. The molecule has 21 heavy (non-hydrogen) atoms. The van der Waals surface area contributed by atoms with Crippen LogP contribution in [0, 0.1) is 23.0 Å². The van der Waals surface area contributed by atoms with E-state index in [0.29, 0.717) is 0 Å². The number of nitrogens with two attached hydrogens (primary N) is 1. The van der Waals surface area contributed by atoms with Gasteiger partial charge in [-0.1, -0.05) is 6.07 Å². The highest BCUT2D eigenvalue weighted by Crippen LogP contribution is 2.23. The van der Waals surface area contributed by atoms with Gasteiger partial charge in [0.1, 0.15) is 28.2 Å². The van der Waals surface area contributed by atoms with E-state index in [2.05, 4.69) is 4.72 Å². The fourth-order valence-electron chi connectivity index (χ4n) is 1.64. The SMILES string of the molecule is N#Cc1c(F)cccc1S(=O)(=O)Nc1ccc(N)c(F)c1. The molecule has 0 fully saturated rings. The Morgan fingerprint density at radius 2 is 1.86 bits per heavy atom. The second-order valence-corrected chi connectivity index (χ2v) is 5.72. The summed E-state index contributed by atoms with van der Waals surface area (Å²) in [5.74, 6) is -1.75. The van der Waals surface area contributed by atoms with Gasteiger partial charge in [0.25, 0.3) is 10.0 Å². The van der Waals surface area contributed by atoms with Gasteiger partial charge in [0.15, 0.2) is 0 Å². The molecule has 2 aromatic carbocycles. The number of nitriles is 1. The zero-order valence-electron chi connectivity index (χ0n) is 10.5. The van der Waals surface area contributed by atoms with Gasteiger partial charge in [0, 0.05) is 6.07 Å². The van der Waals surface area contributed by atoms with Crippen LogP contribution in [0.3, 0.4) is 0 Å². The molecule has 0 saturated heterocycles. The molecule has 0 amide bonds. The second-order valence-electron chi connectivity index (χ2n) is 4.07. The number of nitrogen functional groups attached to an aromatic ring is 1. The topological polar surface area (TPSA) is 96.0 Å². The van der Waals surface area contributed by atoms with Gasteiger partial charge in [-0.2, -0.15) is 5.26 Å². The number of hydrogen-bond acceptors (Lipinski definition) is 4. The molecule has 8 heteroatoms. The van der Waals surface area contributed by atoms with Gasteiger partial charge >= 0.3 is 0 Å². The lowest BCUT2D eigenvalue weighted by molar-refractivity contribution is 0.593. The molecule has 0 spiro atoms. The van der Waals surface area contributed by atoms with Crippen molar-refractivity contribution in [2.45, 2.75) is 4.90 Å². The molecule has 0 aliphatic rings. The summed E-state index contributed by atoms with van der Waals surface area (Å²) in [5, 5.41) is 8.85. The minimum absolute atomic E-state index is 0.0881. The third-order valence-electron chi connectivity index (χ3n) is 2.63. The van der Waals surface area contributed by atoms with Crippen LogP contribution in [0.4, 0.5) is 20.2 Å². The number of benzene rings is 2. The normalized spacial score (nSPS) is 10.9. The number of anilines is 2. The summed E-state index contributed by atoms with van der Waals surface area (Å²) in [6.45, 7) is 0. The highest BCUT2D eigenvalue weighted by molar-refractivity contribution is 7.92. The van der Waals surface area contributed by atoms with Gasteiger partial charge in [0.05, 0.1) is 11.4 Å². The minimum atomic E-state index is -4.23. The first kappa shape index (κ1) is 14.7. The molecule has 0 aromatic heterocycles. The molecule has 0 bridgehead atoms. The van der Waals surface area contributed by atoms with E-state index in [-0.39, 0.29) is 11.4 Å². The summed E-state index contributed by atoms with van der Waals surface area (Å²) < 4.78 is 53.1. The summed E-state index contributed by atoms with van der Waals surface area (Å²) >= 11 is 0. The predicted molar refractivity (Wildman–Crippen MR) is 72.7 cm³/mol. The first-order chi connectivity index (χ1) is 9.85. The molecule has 0 radical (unpaired) electrons. The smallest absolute Gasteiger partial charge is 0.263 e. The Morgan fingerprint density at radius 1 is 1.14 bits per heavy atom. The zero-order valence-corrected chi connectivity index (χ0v) is 11.3. The van der Waals surface area contributed by atoms with Crippen molar-refractivity contribution in [2.24, 2.45) is 0 Å². The van der Waals surface area contributed by atoms with Crippen molar-refractivity contribution < 1.29 is 17.2 Å². The van der Waals surface area contributed by atoms with E-state index in [9.17, 15) is 17.2 Å². The van der Waals surface area contributed by atoms with Crippen LogP contribution in [0.1, 0.15) is 5.56 Å². The van der Waals surface area contributed by atoms with Gasteiger partial charge in [0.2, 0.25) is 0 Å². The lowest BCUT2D eigenvalue weighted by Gasteiger charge is -2.10. The standard InChI is InChI=1S/C13H9F2N3O2S/c14-10-2-1-3-13(9(10)7-16)21(19,20)18-8-4-5-12(17)11(15)6-8/h1-6,18H,17H2. The molecule has 3 N–H and O–H groups in total. The van der Waals surface area contributed by atoms with Gasteiger partial charge in [-0.15, -0.1) is 0 Å². The van der Waals surface area contributed by atoms with E-state index in [1.807, 2.05) is 0 Å². The molecule has 108 valence electrons. The number of nitrogens with one attached hydrogen (secondary N) is 1. The van der Waals surface area contributed by atoms with Crippen molar-refractivity contribution in [3.8, 4) is 6.07 Å². The van der Waals surface area contributed by atoms with E-state index in [4.69, 9.17) is 11.0 Å². The van der Waals surface area contributed by atoms with E-state index in [1.165, 1.54) is 18.2 Å². The molecule has 2 rings (SSSR count). The van der Waals surface area contributed by atoms with Crippen LogP contribution >= 0.6 is 0 Å². The fraction of sp³-hybridized carbons (Fsp3) is 0. The number of hydrogen-bond donors (Lipinski definition) is 2. The molecule has 0 aliphatic carbocycles. The van der Waals surface area contributed by atoms with E-state index < -0.39 is 32.1 Å². The maximum atomic E-state index is 13.4. The Hall–Kier alpha value is -2.66. The Kier molecular flexibility index (Phi) is 3.78. The summed E-state index contributed by atoms with van der Waals surface area (Å²) in [5.41, 5.74) is 4.45. The molecular weight excluding hydrogens is 300 g/mol. The quantitative estimate of drug-likeness (QED) is 0.850. The van der Waals surface area contributed by atoms with Crippen LogP contribution in [0.2, 0.25) is 0 Å².